The van der Waals surface area contributed by atoms with Crippen molar-refractivity contribution in [2.75, 3.05) is 12.5 Å². The summed E-state index contributed by atoms with van der Waals surface area (Å²) in [6.45, 7) is 4.98. The smallest absolute Gasteiger partial charge is 0.408 e. The van der Waals surface area contributed by atoms with E-state index in [0.29, 0.717) is 11.6 Å². The molecule has 5 heteroatoms. The zero-order valence-electron chi connectivity index (χ0n) is 9.84. The second-order valence-electron chi connectivity index (χ2n) is 4.67. The normalized spacial score (nSPS) is 12.2. The van der Waals surface area contributed by atoms with Crippen molar-refractivity contribution in [2.24, 2.45) is 0 Å². The Morgan fingerprint density at radius 1 is 1.47 bits per heavy atom. The van der Waals surface area contributed by atoms with E-state index in [1.54, 1.807) is 0 Å². The van der Waals surface area contributed by atoms with Crippen molar-refractivity contribution < 1.29 is 4.42 Å². The summed E-state index contributed by atoms with van der Waals surface area (Å²) in [4.78, 5) is 13.7. The number of aromatic amines is 1. The highest BCUT2D eigenvalue weighted by molar-refractivity contribution is 6.17. The summed E-state index contributed by atoms with van der Waals surface area (Å²) in [6, 6.07) is 6.16. The van der Waals surface area contributed by atoms with E-state index in [2.05, 4.69) is 24.1 Å². The number of alkyl halides is 1. The van der Waals surface area contributed by atoms with Crippen molar-refractivity contribution in [3.63, 3.8) is 0 Å². The van der Waals surface area contributed by atoms with Crippen molar-refractivity contribution in [2.45, 2.75) is 19.3 Å². The second-order valence-corrected chi connectivity index (χ2v) is 4.94. The maximum absolute atomic E-state index is 11.1. The summed E-state index contributed by atoms with van der Waals surface area (Å²) in [5, 5.41) is 3.11. The zero-order valence-corrected chi connectivity index (χ0v) is 10.6. The number of benzene rings is 1. The Kier molecular flexibility index (Phi) is 3.26. The van der Waals surface area contributed by atoms with E-state index < -0.39 is 5.76 Å². The van der Waals surface area contributed by atoms with Gasteiger partial charge < -0.3 is 9.73 Å². The van der Waals surface area contributed by atoms with Crippen molar-refractivity contribution in [1.82, 2.24) is 10.3 Å². The third-order valence-corrected chi connectivity index (χ3v) is 3.05. The molecule has 2 aromatic rings. The Morgan fingerprint density at radius 3 is 2.94 bits per heavy atom. The fourth-order valence-corrected chi connectivity index (χ4v) is 1.92. The molecule has 0 unspecified atom stereocenters. The summed E-state index contributed by atoms with van der Waals surface area (Å²) < 4.78 is 5.05. The first-order valence-electron chi connectivity index (χ1n) is 5.43. The van der Waals surface area contributed by atoms with Gasteiger partial charge in [-0.05, 0) is 17.7 Å². The first kappa shape index (κ1) is 12.2. The van der Waals surface area contributed by atoms with Crippen LogP contribution in [0.3, 0.4) is 0 Å². The van der Waals surface area contributed by atoms with Crippen LogP contribution in [-0.4, -0.2) is 17.5 Å². The number of halogens is 1. The largest absolute Gasteiger partial charge is 0.417 e. The van der Waals surface area contributed by atoms with Crippen molar-refractivity contribution in [1.29, 1.82) is 0 Å². The minimum absolute atomic E-state index is 0.0705. The van der Waals surface area contributed by atoms with Gasteiger partial charge in [0.05, 0.1) is 11.5 Å². The lowest BCUT2D eigenvalue weighted by Gasteiger charge is -2.25. The molecule has 0 spiro atoms. The Bertz CT molecular complexity index is 571. The average Bonchev–Trinajstić information content (AvgIpc) is 2.65. The molecule has 0 aliphatic carbocycles. The van der Waals surface area contributed by atoms with Crippen molar-refractivity contribution in [3.05, 3.63) is 34.3 Å². The van der Waals surface area contributed by atoms with Crippen LogP contribution in [0.2, 0.25) is 0 Å². The van der Waals surface area contributed by atoms with Crippen molar-refractivity contribution in [3.8, 4) is 0 Å². The molecule has 1 aromatic heterocycles. The monoisotopic (exact) mass is 254 g/mol. The average molecular weight is 255 g/mol. The quantitative estimate of drug-likeness (QED) is 0.650. The number of H-pyrrole nitrogens is 1. The van der Waals surface area contributed by atoms with Crippen molar-refractivity contribution >= 4 is 22.7 Å². The van der Waals surface area contributed by atoms with Gasteiger partial charge in [-0.2, -0.15) is 0 Å². The van der Waals surface area contributed by atoms with Gasteiger partial charge in [0, 0.05) is 12.0 Å². The molecule has 1 aromatic carbocycles. The standard InChI is InChI=1S/C12H15ClN2O2/c1-12(2,6-14-7-13)8-3-4-9-10(5-8)17-11(16)15-9/h3-5,14H,6-7H2,1-2H3,(H,15,16). The molecule has 2 N–H and O–H groups in total. The number of nitrogens with one attached hydrogen (secondary N) is 2. The molecular weight excluding hydrogens is 240 g/mol. The summed E-state index contributed by atoms with van der Waals surface area (Å²) in [5.74, 6) is -0.422. The van der Waals surface area contributed by atoms with Gasteiger partial charge in [0.1, 0.15) is 0 Å². The highest BCUT2D eigenvalue weighted by atomic mass is 35.5. The number of hydrogen-bond donors (Lipinski definition) is 2. The van der Waals surface area contributed by atoms with Gasteiger partial charge in [-0.1, -0.05) is 19.9 Å². The molecule has 0 aliphatic rings. The van der Waals surface area contributed by atoms with Gasteiger partial charge in [0.25, 0.3) is 0 Å². The van der Waals surface area contributed by atoms with E-state index in [1.807, 2.05) is 18.2 Å². The van der Waals surface area contributed by atoms with Crippen LogP contribution in [0.4, 0.5) is 0 Å². The summed E-state index contributed by atoms with van der Waals surface area (Å²) >= 11 is 5.62. The molecule has 0 fully saturated rings. The number of hydrogen-bond acceptors (Lipinski definition) is 3. The summed E-state index contributed by atoms with van der Waals surface area (Å²) in [5.41, 5.74) is 2.34. The molecule has 2 rings (SSSR count). The van der Waals surface area contributed by atoms with Crippen LogP contribution in [0.15, 0.2) is 27.4 Å². The third-order valence-electron chi connectivity index (χ3n) is 2.86. The van der Waals surface area contributed by atoms with E-state index in [9.17, 15) is 4.79 Å². The van der Waals surface area contributed by atoms with Gasteiger partial charge in [0.15, 0.2) is 5.58 Å². The molecule has 17 heavy (non-hydrogen) atoms. The molecule has 0 saturated carbocycles. The van der Waals surface area contributed by atoms with E-state index >= 15 is 0 Å². The lowest BCUT2D eigenvalue weighted by atomic mass is 9.84. The van der Waals surface area contributed by atoms with Gasteiger partial charge in [-0.25, -0.2) is 4.79 Å². The molecule has 92 valence electrons. The van der Waals surface area contributed by atoms with Gasteiger partial charge >= 0.3 is 5.76 Å². The number of rotatable bonds is 4. The van der Waals surface area contributed by atoms with Crippen LogP contribution in [0.25, 0.3) is 11.1 Å². The first-order valence-corrected chi connectivity index (χ1v) is 5.96. The van der Waals surface area contributed by atoms with E-state index in [4.69, 9.17) is 16.0 Å². The van der Waals surface area contributed by atoms with E-state index in [0.717, 1.165) is 17.6 Å². The van der Waals surface area contributed by atoms with Crippen LogP contribution in [0.1, 0.15) is 19.4 Å². The van der Waals surface area contributed by atoms with Gasteiger partial charge in [-0.15, -0.1) is 11.6 Å². The van der Waals surface area contributed by atoms with Gasteiger partial charge in [-0.3, -0.25) is 4.98 Å². The zero-order chi connectivity index (χ0) is 12.5. The van der Waals surface area contributed by atoms with Crippen LogP contribution < -0.4 is 11.1 Å². The lowest BCUT2D eigenvalue weighted by Crippen LogP contribution is -2.32. The van der Waals surface area contributed by atoms with Crippen LogP contribution >= 0.6 is 11.6 Å². The minimum Gasteiger partial charge on any atom is -0.408 e. The highest BCUT2D eigenvalue weighted by Gasteiger charge is 2.20. The molecule has 4 nitrogen and oxygen atoms in total. The Hall–Kier alpha value is -1.26. The van der Waals surface area contributed by atoms with E-state index in [-0.39, 0.29) is 5.41 Å². The topological polar surface area (TPSA) is 58.0 Å². The first-order chi connectivity index (χ1) is 8.03. The molecule has 0 atom stereocenters. The number of aromatic nitrogens is 1. The predicted octanol–water partition coefficient (Wildman–Crippen LogP) is 2.18. The molecular formula is C12H15ClN2O2. The molecule has 0 bridgehead atoms. The minimum atomic E-state index is -0.422. The van der Waals surface area contributed by atoms with Crippen LogP contribution in [-0.2, 0) is 5.41 Å². The SMILES string of the molecule is CC(C)(CNCCl)c1ccc2[nH]c(=O)oc2c1. The highest BCUT2D eigenvalue weighted by Crippen LogP contribution is 2.25. The number of fused-ring (bicyclic) bond motifs is 1. The van der Waals surface area contributed by atoms with Crippen LogP contribution in [0.5, 0.6) is 0 Å². The summed E-state index contributed by atoms with van der Waals surface area (Å²) in [7, 11) is 0. The molecule has 1 heterocycles. The second kappa shape index (κ2) is 4.55. The lowest BCUT2D eigenvalue weighted by molar-refractivity contribution is 0.487. The molecule has 0 amide bonds. The summed E-state index contributed by atoms with van der Waals surface area (Å²) in [6.07, 6.45) is 0. The van der Waals surface area contributed by atoms with Crippen LogP contribution in [0, 0.1) is 0 Å². The van der Waals surface area contributed by atoms with E-state index in [1.165, 1.54) is 0 Å². The molecule has 0 aliphatic heterocycles. The third kappa shape index (κ3) is 2.53. The predicted molar refractivity (Wildman–Crippen MR) is 68.6 cm³/mol. The maximum atomic E-state index is 11.1. The Morgan fingerprint density at radius 2 is 2.24 bits per heavy atom. The van der Waals surface area contributed by atoms with Gasteiger partial charge in [0.2, 0.25) is 0 Å². The molecule has 0 saturated heterocycles. The molecule has 0 radical (unpaired) electrons. The maximum Gasteiger partial charge on any atom is 0.417 e. The fourth-order valence-electron chi connectivity index (χ4n) is 1.83. The fraction of sp³-hybridized carbons (Fsp3) is 0.417. The number of oxazole rings is 1. The Balaban J connectivity index is 2.37. The Labute approximate surface area is 104 Å².